The van der Waals surface area contributed by atoms with Gasteiger partial charge in [0.1, 0.15) is 5.82 Å². The van der Waals surface area contributed by atoms with Crippen LogP contribution in [0.15, 0.2) is 36.5 Å². The van der Waals surface area contributed by atoms with Crippen LogP contribution in [0, 0.1) is 12.7 Å². The van der Waals surface area contributed by atoms with E-state index in [1.807, 2.05) is 19.1 Å². The van der Waals surface area contributed by atoms with Gasteiger partial charge in [-0.3, -0.25) is 4.98 Å². The molecule has 1 aromatic carbocycles. The normalized spacial score (nSPS) is 10.3. The van der Waals surface area contributed by atoms with Crippen LogP contribution in [0.2, 0.25) is 5.02 Å². The summed E-state index contributed by atoms with van der Waals surface area (Å²) in [7, 11) is 0. The third-order valence-corrected chi connectivity index (χ3v) is 2.47. The number of hydrogen-bond acceptors (Lipinski definition) is 1. The minimum atomic E-state index is -0.330. The lowest BCUT2D eigenvalue weighted by Crippen LogP contribution is -1.84. The summed E-state index contributed by atoms with van der Waals surface area (Å²) in [6, 6.07) is 8.16. The van der Waals surface area contributed by atoms with Gasteiger partial charge < -0.3 is 0 Å². The topological polar surface area (TPSA) is 12.9 Å². The van der Waals surface area contributed by atoms with Crippen molar-refractivity contribution in [2.24, 2.45) is 0 Å². The zero-order valence-corrected chi connectivity index (χ0v) is 8.92. The molecule has 2 rings (SSSR count). The zero-order chi connectivity index (χ0) is 10.8. The summed E-state index contributed by atoms with van der Waals surface area (Å²) in [6.07, 6.45) is 1.73. The lowest BCUT2D eigenvalue weighted by atomic mass is 10.1. The minimum Gasteiger partial charge on any atom is -0.261 e. The largest absolute Gasteiger partial charge is 0.261 e. The molecule has 0 radical (unpaired) electrons. The number of aromatic nitrogens is 1. The van der Waals surface area contributed by atoms with Crippen LogP contribution in [0.4, 0.5) is 4.39 Å². The van der Waals surface area contributed by atoms with Gasteiger partial charge in [0.15, 0.2) is 0 Å². The number of benzene rings is 1. The first-order valence-corrected chi connectivity index (χ1v) is 4.93. The first-order valence-electron chi connectivity index (χ1n) is 4.55. The van der Waals surface area contributed by atoms with Crippen molar-refractivity contribution in [2.45, 2.75) is 6.92 Å². The molecule has 0 spiro atoms. The molecule has 0 aliphatic rings. The van der Waals surface area contributed by atoms with Crippen molar-refractivity contribution in [2.75, 3.05) is 0 Å². The molecule has 0 aliphatic heterocycles. The SMILES string of the molecule is Cc1ccc(-c2ccc(F)cc2Cl)cn1. The maximum Gasteiger partial charge on any atom is 0.124 e. The number of halogens is 2. The second-order valence-corrected chi connectivity index (χ2v) is 3.72. The Morgan fingerprint density at radius 2 is 2.00 bits per heavy atom. The Morgan fingerprint density at radius 1 is 1.20 bits per heavy atom. The fourth-order valence-corrected chi connectivity index (χ4v) is 1.63. The quantitative estimate of drug-likeness (QED) is 0.713. The Balaban J connectivity index is 2.49. The maximum absolute atomic E-state index is 12.8. The Hall–Kier alpha value is -1.41. The number of pyridine rings is 1. The summed E-state index contributed by atoms with van der Waals surface area (Å²) in [5.41, 5.74) is 2.63. The molecule has 15 heavy (non-hydrogen) atoms. The van der Waals surface area contributed by atoms with Gasteiger partial charge in [-0.25, -0.2) is 4.39 Å². The lowest BCUT2D eigenvalue weighted by Gasteiger charge is -2.04. The van der Waals surface area contributed by atoms with Crippen molar-refractivity contribution in [3.63, 3.8) is 0 Å². The monoisotopic (exact) mass is 221 g/mol. The molecule has 0 fully saturated rings. The van der Waals surface area contributed by atoms with E-state index in [0.29, 0.717) is 5.02 Å². The van der Waals surface area contributed by atoms with Gasteiger partial charge >= 0.3 is 0 Å². The van der Waals surface area contributed by atoms with Gasteiger partial charge in [0.25, 0.3) is 0 Å². The van der Waals surface area contributed by atoms with Gasteiger partial charge in [-0.1, -0.05) is 17.7 Å². The van der Waals surface area contributed by atoms with Crippen LogP contribution in [-0.2, 0) is 0 Å². The van der Waals surface area contributed by atoms with E-state index < -0.39 is 0 Å². The first kappa shape index (κ1) is 10.1. The van der Waals surface area contributed by atoms with Crippen LogP contribution in [0.5, 0.6) is 0 Å². The Morgan fingerprint density at radius 3 is 2.60 bits per heavy atom. The predicted octanol–water partition coefficient (Wildman–Crippen LogP) is 3.85. The second-order valence-electron chi connectivity index (χ2n) is 3.31. The van der Waals surface area contributed by atoms with E-state index >= 15 is 0 Å². The highest BCUT2D eigenvalue weighted by molar-refractivity contribution is 6.33. The van der Waals surface area contributed by atoms with E-state index in [9.17, 15) is 4.39 Å². The van der Waals surface area contributed by atoms with E-state index in [2.05, 4.69) is 4.98 Å². The fraction of sp³-hybridized carbons (Fsp3) is 0.0833. The van der Waals surface area contributed by atoms with E-state index in [1.54, 1.807) is 12.3 Å². The molecular weight excluding hydrogens is 213 g/mol. The third-order valence-electron chi connectivity index (χ3n) is 2.15. The number of aryl methyl sites for hydroxylation is 1. The number of hydrogen-bond donors (Lipinski definition) is 0. The summed E-state index contributed by atoms with van der Waals surface area (Å²) in [6.45, 7) is 1.91. The van der Waals surface area contributed by atoms with Crippen LogP contribution >= 0.6 is 11.6 Å². The van der Waals surface area contributed by atoms with Crippen molar-refractivity contribution in [1.82, 2.24) is 4.98 Å². The molecule has 0 saturated heterocycles. The van der Waals surface area contributed by atoms with Crippen molar-refractivity contribution in [3.8, 4) is 11.1 Å². The molecular formula is C12H9ClFN. The third kappa shape index (κ3) is 2.16. The summed E-state index contributed by atoms with van der Waals surface area (Å²) < 4.78 is 12.8. The van der Waals surface area contributed by atoms with Gasteiger partial charge in [-0.2, -0.15) is 0 Å². The maximum atomic E-state index is 12.8. The molecule has 0 aliphatic carbocycles. The van der Waals surface area contributed by atoms with E-state index in [4.69, 9.17) is 11.6 Å². The van der Waals surface area contributed by atoms with Crippen molar-refractivity contribution >= 4 is 11.6 Å². The Kier molecular flexibility index (Phi) is 2.69. The standard InChI is InChI=1S/C12H9ClFN/c1-8-2-3-9(7-15-8)11-5-4-10(14)6-12(11)13/h2-7H,1H3. The predicted molar refractivity (Wildman–Crippen MR) is 59.4 cm³/mol. The molecule has 0 atom stereocenters. The Labute approximate surface area is 92.5 Å². The van der Waals surface area contributed by atoms with Gasteiger partial charge in [0, 0.05) is 23.0 Å². The molecule has 1 aromatic heterocycles. The summed E-state index contributed by atoms with van der Waals surface area (Å²) >= 11 is 5.94. The summed E-state index contributed by atoms with van der Waals surface area (Å²) in [5, 5.41) is 0.403. The molecule has 1 heterocycles. The van der Waals surface area contributed by atoms with Crippen LogP contribution < -0.4 is 0 Å². The molecule has 3 heteroatoms. The van der Waals surface area contributed by atoms with E-state index in [1.165, 1.54) is 12.1 Å². The fourth-order valence-electron chi connectivity index (χ4n) is 1.35. The smallest absolute Gasteiger partial charge is 0.124 e. The number of nitrogens with zero attached hydrogens (tertiary/aromatic N) is 1. The molecule has 0 saturated carbocycles. The highest BCUT2D eigenvalue weighted by atomic mass is 35.5. The van der Waals surface area contributed by atoms with Gasteiger partial charge in [-0.15, -0.1) is 0 Å². The zero-order valence-electron chi connectivity index (χ0n) is 8.17. The lowest BCUT2D eigenvalue weighted by molar-refractivity contribution is 0.628. The average molecular weight is 222 g/mol. The molecule has 0 unspecified atom stereocenters. The molecule has 76 valence electrons. The van der Waals surface area contributed by atoms with Crippen LogP contribution in [0.25, 0.3) is 11.1 Å². The molecule has 0 amide bonds. The molecule has 1 nitrogen and oxygen atoms in total. The molecule has 0 N–H and O–H groups in total. The minimum absolute atomic E-state index is 0.330. The molecule has 0 bridgehead atoms. The van der Waals surface area contributed by atoms with Crippen molar-refractivity contribution < 1.29 is 4.39 Å². The van der Waals surface area contributed by atoms with E-state index in [-0.39, 0.29) is 5.82 Å². The first-order chi connectivity index (χ1) is 7.16. The molecule has 2 aromatic rings. The number of rotatable bonds is 1. The van der Waals surface area contributed by atoms with Crippen LogP contribution in [0.1, 0.15) is 5.69 Å². The van der Waals surface area contributed by atoms with Crippen molar-refractivity contribution in [3.05, 3.63) is 53.1 Å². The van der Waals surface area contributed by atoms with E-state index in [0.717, 1.165) is 16.8 Å². The average Bonchev–Trinajstić information content (AvgIpc) is 2.20. The van der Waals surface area contributed by atoms with Gasteiger partial charge in [0.05, 0.1) is 5.02 Å². The van der Waals surface area contributed by atoms with Crippen LogP contribution in [-0.4, -0.2) is 4.98 Å². The highest BCUT2D eigenvalue weighted by Crippen LogP contribution is 2.27. The van der Waals surface area contributed by atoms with Gasteiger partial charge in [0.2, 0.25) is 0 Å². The summed E-state index contributed by atoms with van der Waals surface area (Å²) in [5.74, 6) is -0.330. The van der Waals surface area contributed by atoms with Gasteiger partial charge in [-0.05, 0) is 31.2 Å². The highest BCUT2D eigenvalue weighted by Gasteiger charge is 2.04. The summed E-state index contributed by atoms with van der Waals surface area (Å²) in [4.78, 5) is 4.17. The van der Waals surface area contributed by atoms with Crippen LogP contribution in [0.3, 0.4) is 0 Å². The Bertz CT molecular complexity index is 479. The second kappa shape index (κ2) is 3.99. The van der Waals surface area contributed by atoms with Crippen molar-refractivity contribution in [1.29, 1.82) is 0 Å².